The molecule has 282 valence electrons. The molecule has 0 aromatic heterocycles. The summed E-state index contributed by atoms with van der Waals surface area (Å²) in [6.07, 6.45) is 6.41. The summed E-state index contributed by atoms with van der Waals surface area (Å²) in [7, 11) is 0. The molecule has 4 rings (SSSR count). The minimum absolute atomic E-state index is 0.0160. The van der Waals surface area contributed by atoms with Crippen molar-refractivity contribution in [2.45, 2.75) is 76.4 Å². The Morgan fingerprint density at radius 1 is 0.980 bits per heavy atom. The van der Waals surface area contributed by atoms with Crippen molar-refractivity contribution >= 4 is 36.6 Å². The van der Waals surface area contributed by atoms with E-state index >= 15 is 0 Å². The van der Waals surface area contributed by atoms with E-state index in [0.717, 1.165) is 43.4 Å². The van der Waals surface area contributed by atoms with Crippen LogP contribution >= 0.6 is 0 Å². The second kappa shape index (κ2) is 24.2. The first kappa shape index (κ1) is 44.0. The number of carbonyl (C=O) groups is 5. The van der Waals surface area contributed by atoms with Crippen molar-refractivity contribution in [3.8, 4) is 0 Å². The molecule has 0 bridgehead atoms. The number of aliphatic carboxylic acids is 1. The lowest BCUT2D eigenvalue weighted by molar-refractivity contribution is -0.143. The standard InChI is InChI=1S/C25H33N3O2.C6H10N2O3.C4H11N3.CH3NO/c1-2-27-24(29)21(15-20-13-14-20)23(17-19-11-7-4-8-12-19)28-25(30)22(26)16-18-9-5-3-6-10-18;7-6(5(10)11)1-2-8(3-6)4-9;1-2-3-7-4(5)6;2-1-3/h3-12,20-23H,2,13-17,26H2,1H3,(H,27,29)(H,28,30);4H,1-3,7H2,(H,10,11);2-3H2,1H3,(H4,5,6,7);1H,(H2,2,3)/t21?,22?,23-;;;/m1.../s1. The van der Waals surface area contributed by atoms with E-state index in [1.165, 1.54) is 4.90 Å². The Kier molecular flexibility index (Phi) is 20.9. The van der Waals surface area contributed by atoms with Crippen molar-refractivity contribution < 1.29 is 29.1 Å². The number of amides is 4. The molecule has 3 unspecified atom stereocenters. The number of carbonyl (C=O) groups excluding carboxylic acids is 4. The molecule has 4 amide bonds. The second-order valence-electron chi connectivity index (χ2n) is 12.5. The minimum atomic E-state index is -1.22. The number of guanidine groups is 1. The van der Waals surface area contributed by atoms with Crippen molar-refractivity contribution in [1.29, 1.82) is 0 Å². The molecule has 15 heteroatoms. The van der Waals surface area contributed by atoms with Gasteiger partial charge in [0.15, 0.2) is 5.96 Å². The van der Waals surface area contributed by atoms with Crippen LogP contribution in [-0.2, 0) is 36.8 Å². The highest BCUT2D eigenvalue weighted by Gasteiger charge is 2.41. The summed E-state index contributed by atoms with van der Waals surface area (Å²) in [6.45, 7) is 5.82. The maximum atomic E-state index is 13.0. The number of nitrogens with one attached hydrogen (secondary N) is 2. The third kappa shape index (κ3) is 18.0. The van der Waals surface area contributed by atoms with Gasteiger partial charge in [-0.1, -0.05) is 80.4 Å². The van der Waals surface area contributed by atoms with Gasteiger partial charge >= 0.3 is 5.97 Å². The molecule has 4 atom stereocenters. The molecule has 1 heterocycles. The van der Waals surface area contributed by atoms with Gasteiger partial charge in [0.05, 0.1) is 12.0 Å². The summed E-state index contributed by atoms with van der Waals surface area (Å²) < 4.78 is 0. The molecule has 2 aliphatic rings. The van der Waals surface area contributed by atoms with Crippen LogP contribution in [0.2, 0.25) is 0 Å². The van der Waals surface area contributed by atoms with Crippen LogP contribution in [0.15, 0.2) is 65.7 Å². The molecular formula is C36H57N9O6. The molecule has 13 N–H and O–H groups in total. The Morgan fingerprint density at radius 3 is 1.92 bits per heavy atom. The molecule has 2 aromatic rings. The fourth-order valence-electron chi connectivity index (χ4n) is 5.25. The fourth-order valence-corrected chi connectivity index (χ4v) is 5.25. The summed E-state index contributed by atoms with van der Waals surface area (Å²) in [4.78, 5) is 60.2. The van der Waals surface area contributed by atoms with E-state index in [9.17, 15) is 19.2 Å². The molecule has 1 aliphatic heterocycles. The van der Waals surface area contributed by atoms with Gasteiger partial charge in [0.1, 0.15) is 5.54 Å². The highest BCUT2D eigenvalue weighted by atomic mass is 16.4. The van der Waals surface area contributed by atoms with Gasteiger partial charge in [-0.3, -0.25) is 29.0 Å². The van der Waals surface area contributed by atoms with Gasteiger partial charge in [-0.25, -0.2) is 0 Å². The third-order valence-corrected chi connectivity index (χ3v) is 8.14. The van der Waals surface area contributed by atoms with Crippen LogP contribution in [0.1, 0.15) is 57.1 Å². The number of carboxylic acid groups (broad SMARTS) is 1. The average Bonchev–Trinajstić information content (AvgIpc) is 3.85. The molecule has 1 saturated carbocycles. The van der Waals surface area contributed by atoms with Crippen LogP contribution in [0, 0.1) is 11.8 Å². The lowest BCUT2D eigenvalue weighted by Crippen LogP contribution is -2.52. The van der Waals surface area contributed by atoms with Gasteiger partial charge in [-0.2, -0.15) is 0 Å². The van der Waals surface area contributed by atoms with Gasteiger partial charge in [-0.15, -0.1) is 0 Å². The van der Waals surface area contributed by atoms with Crippen LogP contribution in [0.25, 0.3) is 0 Å². The Bertz CT molecular complexity index is 1360. The van der Waals surface area contributed by atoms with E-state index in [4.69, 9.17) is 32.8 Å². The Hall–Kier alpha value is -5.02. The summed E-state index contributed by atoms with van der Waals surface area (Å²) in [6, 6.07) is 18.8. The highest BCUT2D eigenvalue weighted by Crippen LogP contribution is 2.37. The molecule has 1 saturated heterocycles. The molecule has 2 aromatic carbocycles. The van der Waals surface area contributed by atoms with E-state index in [1.807, 2.05) is 74.5 Å². The lowest BCUT2D eigenvalue weighted by Gasteiger charge is -2.29. The number of carboxylic acids is 1. The van der Waals surface area contributed by atoms with Crippen molar-refractivity contribution in [2.75, 3.05) is 26.2 Å². The fraction of sp³-hybridized carbons (Fsp3) is 0.500. The number of likely N-dealkylation sites (tertiary alicyclic amines) is 1. The van der Waals surface area contributed by atoms with Crippen LogP contribution in [0.4, 0.5) is 0 Å². The van der Waals surface area contributed by atoms with Gasteiger partial charge in [0, 0.05) is 32.2 Å². The highest BCUT2D eigenvalue weighted by molar-refractivity contribution is 5.84. The molecule has 0 radical (unpaired) electrons. The predicted molar refractivity (Wildman–Crippen MR) is 198 cm³/mol. The summed E-state index contributed by atoms with van der Waals surface area (Å²) in [5.41, 5.74) is 26.8. The van der Waals surface area contributed by atoms with E-state index in [0.29, 0.717) is 44.7 Å². The maximum absolute atomic E-state index is 13.0. The molecule has 15 nitrogen and oxygen atoms in total. The molecular weight excluding hydrogens is 654 g/mol. The van der Waals surface area contributed by atoms with Gasteiger partial charge < -0.3 is 49.3 Å². The normalized spacial score (nSPS) is 17.5. The van der Waals surface area contributed by atoms with Crippen LogP contribution in [0.5, 0.6) is 0 Å². The van der Waals surface area contributed by atoms with Gasteiger partial charge in [0.25, 0.3) is 0 Å². The third-order valence-electron chi connectivity index (χ3n) is 8.14. The minimum Gasteiger partial charge on any atom is -0.480 e. The number of hydrogen-bond acceptors (Lipinski definition) is 8. The van der Waals surface area contributed by atoms with Crippen LogP contribution in [-0.4, -0.2) is 90.4 Å². The Morgan fingerprint density at radius 2 is 1.53 bits per heavy atom. The van der Waals surface area contributed by atoms with E-state index in [1.54, 1.807) is 0 Å². The zero-order valence-corrected chi connectivity index (χ0v) is 29.8. The number of nitrogens with two attached hydrogens (primary N) is 5. The van der Waals surface area contributed by atoms with E-state index in [2.05, 4.69) is 21.4 Å². The van der Waals surface area contributed by atoms with Crippen molar-refractivity contribution in [3.63, 3.8) is 0 Å². The monoisotopic (exact) mass is 711 g/mol. The molecule has 2 fully saturated rings. The molecule has 51 heavy (non-hydrogen) atoms. The van der Waals surface area contributed by atoms with Crippen molar-refractivity contribution in [2.24, 2.45) is 45.5 Å². The maximum Gasteiger partial charge on any atom is 0.325 e. The number of rotatable bonds is 15. The van der Waals surface area contributed by atoms with Crippen molar-refractivity contribution in [3.05, 3.63) is 71.8 Å². The van der Waals surface area contributed by atoms with Gasteiger partial charge in [0.2, 0.25) is 24.6 Å². The largest absolute Gasteiger partial charge is 0.480 e. The Balaban J connectivity index is 0.000000504. The summed E-state index contributed by atoms with van der Waals surface area (Å²) in [5.74, 6) is -0.729. The first-order valence-corrected chi connectivity index (χ1v) is 17.2. The summed E-state index contributed by atoms with van der Waals surface area (Å²) in [5, 5.41) is 14.7. The summed E-state index contributed by atoms with van der Waals surface area (Å²) >= 11 is 0. The second-order valence-corrected chi connectivity index (χ2v) is 12.5. The average molecular weight is 712 g/mol. The van der Waals surface area contributed by atoms with E-state index < -0.39 is 17.6 Å². The SMILES string of the molecule is CCCN=C(N)N.CCNC(=O)C(CC1CC1)[C@@H](Cc1ccccc1)NC(=O)C(N)Cc1ccccc1.NC1(C(=O)O)CCN(C=O)C1.NC=O. The number of primary amides is 1. The predicted octanol–water partition coefficient (Wildman–Crippen LogP) is 0.238. The quantitative estimate of drug-likeness (QED) is 0.0708. The van der Waals surface area contributed by atoms with Crippen LogP contribution in [0.3, 0.4) is 0 Å². The first-order valence-electron chi connectivity index (χ1n) is 17.2. The van der Waals surface area contributed by atoms with Crippen LogP contribution < -0.4 is 39.3 Å². The topological polar surface area (TPSA) is 275 Å². The number of benzene rings is 2. The molecule has 0 spiro atoms. The number of aliphatic imine (C=N–C) groups is 1. The number of hydrogen-bond donors (Lipinski definition) is 8. The number of nitrogens with zero attached hydrogens (tertiary/aromatic N) is 2. The molecule has 1 aliphatic carbocycles. The first-order chi connectivity index (χ1) is 24.3. The van der Waals surface area contributed by atoms with Crippen molar-refractivity contribution in [1.82, 2.24) is 15.5 Å². The smallest absolute Gasteiger partial charge is 0.325 e. The zero-order valence-electron chi connectivity index (χ0n) is 29.8. The zero-order chi connectivity index (χ0) is 38.2. The lowest BCUT2D eigenvalue weighted by atomic mass is 9.87. The van der Waals surface area contributed by atoms with E-state index in [-0.39, 0.29) is 42.7 Å². The van der Waals surface area contributed by atoms with Gasteiger partial charge in [-0.05, 0) is 56.1 Å². The Labute approximate surface area is 300 Å².